The minimum absolute atomic E-state index is 0.332. The zero-order valence-corrected chi connectivity index (χ0v) is 14.0. The van der Waals surface area contributed by atoms with Crippen molar-refractivity contribution in [3.63, 3.8) is 0 Å². The molecule has 4 heteroatoms. The molecule has 1 aromatic rings. The highest BCUT2D eigenvalue weighted by Gasteiger charge is 2.39. The van der Waals surface area contributed by atoms with Gasteiger partial charge < -0.3 is 0 Å². The van der Waals surface area contributed by atoms with Crippen LogP contribution in [-0.2, 0) is 6.42 Å². The second-order valence-corrected chi connectivity index (χ2v) is 7.80. The van der Waals surface area contributed by atoms with Crippen molar-refractivity contribution in [1.29, 1.82) is 0 Å². The lowest BCUT2D eigenvalue weighted by atomic mass is 9.83. The molecule has 0 radical (unpaired) electrons. The Balaban J connectivity index is 1.62. The fourth-order valence-corrected chi connectivity index (χ4v) is 4.94. The molecule has 3 rings (SSSR count). The van der Waals surface area contributed by atoms with Crippen LogP contribution in [0.3, 0.4) is 0 Å². The third-order valence-electron chi connectivity index (χ3n) is 5.19. The van der Waals surface area contributed by atoms with Crippen molar-refractivity contribution in [2.24, 2.45) is 23.6 Å². The van der Waals surface area contributed by atoms with Gasteiger partial charge in [-0.1, -0.05) is 40.0 Å². The summed E-state index contributed by atoms with van der Waals surface area (Å²) < 4.78 is 1.02. The van der Waals surface area contributed by atoms with Crippen molar-refractivity contribution < 1.29 is 0 Å². The van der Waals surface area contributed by atoms with Crippen LogP contribution < -0.4 is 11.3 Å². The molecule has 4 unspecified atom stereocenters. The van der Waals surface area contributed by atoms with Crippen molar-refractivity contribution in [2.45, 2.75) is 44.6 Å². The Morgan fingerprint density at radius 1 is 1.35 bits per heavy atom. The van der Waals surface area contributed by atoms with E-state index in [4.69, 9.17) is 17.4 Å². The van der Waals surface area contributed by atoms with Crippen molar-refractivity contribution in [1.82, 2.24) is 5.43 Å². The molecule has 0 aliphatic heterocycles. The van der Waals surface area contributed by atoms with E-state index in [1.165, 1.54) is 37.7 Å². The van der Waals surface area contributed by atoms with E-state index in [2.05, 4.69) is 27.4 Å². The minimum atomic E-state index is 0.332. The smallest absolute Gasteiger partial charge is 0.0449 e. The summed E-state index contributed by atoms with van der Waals surface area (Å²) in [6.45, 7) is 0. The van der Waals surface area contributed by atoms with Gasteiger partial charge in [-0.3, -0.25) is 11.3 Å². The van der Waals surface area contributed by atoms with Gasteiger partial charge in [-0.2, -0.15) is 0 Å². The third-order valence-corrected chi connectivity index (χ3v) is 6.03. The topological polar surface area (TPSA) is 38.0 Å². The molecular formula is C16H22BrClN2. The van der Waals surface area contributed by atoms with Gasteiger partial charge in [-0.15, -0.1) is 0 Å². The van der Waals surface area contributed by atoms with E-state index in [1.54, 1.807) is 0 Å². The number of hydrogen-bond donors (Lipinski definition) is 2. The highest BCUT2D eigenvalue weighted by molar-refractivity contribution is 9.10. The Morgan fingerprint density at radius 2 is 2.20 bits per heavy atom. The van der Waals surface area contributed by atoms with Crippen LogP contribution in [-0.4, -0.2) is 6.04 Å². The Labute approximate surface area is 134 Å². The molecule has 1 aromatic carbocycles. The highest BCUT2D eigenvalue weighted by atomic mass is 79.9. The molecule has 2 saturated carbocycles. The number of nitrogens with one attached hydrogen (secondary N) is 1. The average Bonchev–Trinajstić information content (AvgIpc) is 3.03. The van der Waals surface area contributed by atoms with E-state index < -0.39 is 0 Å². The van der Waals surface area contributed by atoms with Crippen LogP contribution in [0.15, 0.2) is 22.7 Å². The summed E-state index contributed by atoms with van der Waals surface area (Å²) in [6.07, 6.45) is 7.87. The molecule has 2 bridgehead atoms. The first-order valence-electron chi connectivity index (χ1n) is 7.55. The first-order valence-corrected chi connectivity index (χ1v) is 8.73. The summed E-state index contributed by atoms with van der Waals surface area (Å²) in [5, 5.41) is 0.826. The number of hydrazine groups is 1. The maximum absolute atomic E-state index is 6.31. The summed E-state index contributed by atoms with van der Waals surface area (Å²) in [7, 11) is 0. The van der Waals surface area contributed by atoms with Crippen molar-refractivity contribution in [3.8, 4) is 0 Å². The van der Waals surface area contributed by atoms with Crippen molar-refractivity contribution in [3.05, 3.63) is 33.3 Å². The predicted molar refractivity (Wildman–Crippen MR) is 87.5 cm³/mol. The number of halogens is 2. The molecule has 2 aliphatic carbocycles. The molecule has 4 atom stereocenters. The summed E-state index contributed by atoms with van der Waals surface area (Å²) >= 11 is 9.76. The van der Waals surface area contributed by atoms with Crippen LogP contribution >= 0.6 is 27.5 Å². The monoisotopic (exact) mass is 356 g/mol. The number of fused-ring (bicyclic) bond motifs is 2. The van der Waals surface area contributed by atoms with Crippen molar-refractivity contribution >= 4 is 27.5 Å². The second-order valence-electron chi connectivity index (χ2n) is 6.47. The van der Waals surface area contributed by atoms with Gasteiger partial charge in [-0.25, -0.2) is 0 Å². The van der Waals surface area contributed by atoms with Gasteiger partial charge in [0.1, 0.15) is 0 Å². The largest absolute Gasteiger partial charge is 0.271 e. The number of rotatable bonds is 5. The molecule has 0 heterocycles. The van der Waals surface area contributed by atoms with Gasteiger partial charge >= 0.3 is 0 Å². The number of hydrogen-bond acceptors (Lipinski definition) is 2. The highest BCUT2D eigenvalue weighted by Crippen LogP contribution is 2.50. The summed E-state index contributed by atoms with van der Waals surface area (Å²) in [4.78, 5) is 0. The Morgan fingerprint density at radius 3 is 2.80 bits per heavy atom. The van der Waals surface area contributed by atoms with Crippen LogP contribution in [0.1, 0.15) is 37.7 Å². The van der Waals surface area contributed by atoms with Crippen LogP contribution in [0.25, 0.3) is 0 Å². The van der Waals surface area contributed by atoms with E-state index in [1.807, 2.05) is 12.1 Å². The lowest BCUT2D eigenvalue weighted by Gasteiger charge is -2.26. The molecule has 0 saturated heterocycles. The number of nitrogens with two attached hydrogens (primary N) is 1. The van der Waals surface area contributed by atoms with Crippen LogP contribution in [0.5, 0.6) is 0 Å². The van der Waals surface area contributed by atoms with Crippen LogP contribution in [0.4, 0.5) is 0 Å². The maximum atomic E-state index is 6.31. The molecule has 2 nitrogen and oxygen atoms in total. The molecule has 20 heavy (non-hydrogen) atoms. The fraction of sp³-hybridized carbons (Fsp3) is 0.625. The van der Waals surface area contributed by atoms with E-state index >= 15 is 0 Å². The molecule has 2 fully saturated rings. The lowest BCUT2D eigenvalue weighted by Crippen LogP contribution is -2.39. The molecular weight excluding hydrogens is 336 g/mol. The lowest BCUT2D eigenvalue weighted by molar-refractivity contribution is 0.277. The Bertz CT molecular complexity index is 480. The Hall–Kier alpha value is -0.0900. The van der Waals surface area contributed by atoms with E-state index in [9.17, 15) is 0 Å². The number of benzene rings is 1. The predicted octanol–water partition coefficient (Wildman–Crippen LogP) is 4.30. The SMILES string of the molecule is NNC(Cc1ccc(Br)cc1Cl)CC1CC2CCC1C2. The van der Waals surface area contributed by atoms with E-state index in [0.717, 1.165) is 33.7 Å². The van der Waals surface area contributed by atoms with Gasteiger partial charge in [0, 0.05) is 15.5 Å². The summed E-state index contributed by atoms with van der Waals surface area (Å²) in [5.41, 5.74) is 4.19. The quantitative estimate of drug-likeness (QED) is 0.609. The van der Waals surface area contributed by atoms with Gasteiger partial charge in [0.05, 0.1) is 0 Å². The van der Waals surface area contributed by atoms with Gasteiger partial charge in [0.25, 0.3) is 0 Å². The molecule has 0 spiro atoms. The van der Waals surface area contributed by atoms with Gasteiger partial charge in [0.2, 0.25) is 0 Å². The second kappa shape index (κ2) is 6.35. The normalized spacial score (nSPS) is 29.9. The molecule has 2 aliphatic rings. The molecule has 0 amide bonds. The fourth-order valence-electron chi connectivity index (χ4n) is 4.19. The van der Waals surface area contributed by atoms with Crippen molar-refractivity contribution in [2.75, 3.05) is 0 Å². The van der Waals surface area contributed by atoms with E-state index in [-0.39, 0.29) is 0 Å². The standard InChI is InChI=1S/C16H22BrClN2/c17-14-4-3-12(16(18)9-14)7-15(20-19)8-13-6-10-1-2-11(13)5-10/h3-4,9-11,13,15,20H,1-2,5-8,19H2. The average molecular weight is 358 g/mol. The maximum Gasteiger partial charge on any atom is 0.0449 e. The van der Waals surface area contributed by atoms with Gasteiger partial charge in [0.15, 0.2) is 0 Å². The molecule has 3 N–H and O–H groups in total. The van der Waals surface area contributed by atoms with Crippen LogP contribution in [0, 0.1) is 17.8 Å². The summed E-state index contributed by atoms with van der Waals surface area (Å²) in [5.74, 6) is 8.59. The Kier molecular flexibility index (Phi) is 4.71. The molecule has 110 valence electrons. The van der Waals surface area contributed by atoms with E-state index in [0.29, 0.717) is 6.04 Å². The van der Waals surface area contributed by atoms with Gasteiger partial charge in [-0.05, 0) is 67.6 Å². The molecule has 0 aromatic heterocycles. The first-order chi connectivity index (χ1) is 9.65. The third kappa shape index (κ3) is 3.22. The zero-order valence-electron chi connectivity index (χ0n) is 11.6. The zero-order chi connectivity index (χ0) is 14.1. The summed E-state index contributed by atoms with van der Waals surface area (Å²) in [6, 6.07) is 6.43. The minimum Gasteiger partial charge on any atom is -0.271 e. The first kappa shape index (κ1) is 14.8. The van der Waals surface area contributed by atoms with Crippen LogP contribution in [0.2, 0.25) is 5.02 Å².